The Morgan fingerprint density at radius 3 is 2.70 bits per heavy atom. The van der Waals surface area contributed by atoms with Gasteiger partial charge in [-0.3, -0.25) is 19.4 Å². The fraction of sp³-hybridized carbons (Fsp3) is 0.412. The molecule has 0 aliphatic carbocycles. The first-order valence-corrected chi connectivity index (χ1v) is 8.48. The Hall–Kier alpha value is -3.30. The standard InChI is InChI=1S/C17H18N4O6/c1-17(7-10-2-3-11-12(6-10)27-9-26-11)14(23)21(16(25)19-17)8-13(22)20-5-4-18-15(20)24/h2-3,6H,4-5,7-9H2,1H3,(H,18,24)(H,19,25)/t17-/m0/s1. The van der Waals surface area contributed by atoms with Crippen molar-refractivity contribution < 1.29 is 28.7 Å². The van der Waals surface area contributed by atoms with Crippen LogP contribution in [0.15, 0.2) is 18.2 Å². The largest absolute Gasteiger partial charge is 0.454 e. The van der Waals surface area contributed by atoms with Gasteiger partial charge in [-0.05, 0) is 24.6 Å². The van der Waals surface area contributed by atoms with E-state index < -0.39 is 36.0 Å². The summed E-state index contributed by atoms with van der Waals surface area (Å²) in [6.07, 6.45) is 0.225. The molecule has 1 aromatic rings. The molecule has 0 saturated carbocycles. The maximum Gasteiger partial charge on any atom is 0.325 e. The van der Waals surface area contributed by atoms with Gasteiger partial charge in [-0.1, -0.05) is 6.07 Å². The summed E-state index contributed by atoms with van der Waals surface area (Å²) in [7, 11) is 0. The molecule has 142 valence electrons. The minimum Gasteiger partial charge on any atom is -0.454 e. The molecule has 6 amide bonds. The summed E-state index contributed by atoms with van der Waals surface area (Å²) in [5.41, 5.74) is -0.416. The molecule has 0 unspecified atom stereocenters. The van der Waals surface area contributed by atoms with Crippen LogP contribution in [0.1, 0.15) is 12.5 Å². The van der Waals surface area contributed by atoms with Crippen LogP contribution in [0.25, 0.3) is 0 Å². The second kappa shape index (κ2) is 6.15. The second-order valence-corrected chi connectivity index (χ2v) is 6.80. The average molecular weight is 374 g/mol. The van der Waals surface area contributed by atoms with Crippen molar-refractivity contribution in [3.63, 3.8) is 0 Å². The molecule has 0 bridgehead atoms. The van der Waals surface area contributed by atoms with Crippen LogP contribution in [0.2, 0.25) is 0 Å². The normalized spacial score (nSPS) is 23.7. The van der Waals surface area contributed by atoms with E-state index in [2.05, 4.69) is 10.6 Å². The summed E-state index contributed by atoms with van der Waals surface area (Å²) in [5.74, 6) is 0.0979. The molecule has 4 rings (SSSR count). The average Bonchev–Trinajstić information content (AvgIpc) is 3.30. The minimum absolute atomic E-state index is 0.145. The van der Waals surface area contributed by atoms with Crippen LogP contribution in [0.3, 0.4) is 0 Å². The molecule has 2 fully saturated rings. The Bertz CT molecular complexity index is 856. The zero-order valence-electron chi connectivity index (χ0n) is 14.6. The number of fused-ring (bicyclic) bond motifs is 1. The first-order valence-electron chi connectivity index (χ1n) is 8.48. The SMILES string of the molecule is C[C@@]1(Cc2ccc3c(c2)OCO3)NC(=O)N(CC(=O)N2CCNC2=O)C1=O. The summed E-state index contributed by atoms with van der Waals surface area (Å²) in [6.45, 7) is 1.84. The summed E-state index contributed by atoms with van der Waals surface area (Å²) >= 11 is 0. The van der Waals surface area contributed by atoms with Gasteiger partial charge in [-0.2, -0.15) is 0 Å². The highest BCUT2D eigenvalue weighted by Gasteiger charge is 2.49. The van der Waals surface area contributed by atoms with Crippen molar-refractivity contribution in [1.82, 2.24) is 20.4 Å². The number of hydrogen-bond acceptors (Lipinski definition) is 6. The number of carbonyl (C=O) groups is 4. The van der Waals surface area contributed by atoms with Crippen LogP contribution in [0, 0.1) is 0 Å². The van der Waals surface area contributed by atoms with Crippen molar-refractivity contribution >= 4 is 23.9 Å². The summed E-state index contributed by atoms with van der Waals surface area (Å²) < 4.78 is 10.6. The third-order valence-electron chi connectivity index (χ3n) is 4.79. The van der Waals surface area contributed by atoms with E-state index in [-0.39, 0.29) is 19.8 Å². The van der Waals surface area contributed by atoms with Crippen LogP contribution in [-0.4, -0.2) is 65.6 Å². The number of benzene rings is 1. The Morgan fingerprint density at radius 1 is 1.19 bits per heavy atom. The third-order valence-corrected chi connectivity index (χ3v) is 4.79. The third kappa shape index (κ3) is 2.92. The molecule has 3 heterocycles. The van der Waals surface area contributed by atoms with Crippen LogP contribution < -0.4 is 20.1 Å². The molecule has 10 nitrogen and oxygen atoms in total. The van der Waals surface area contributed by atoms with Crippen LogP contribution in [-0.2, 0) is 16.0 Å². The van der Waals surface area contributed by atoms with Crippen LogP contribution in [0.5, 0.6) is 11.5 Å². The molecule has 0 radical (unpaired) electrons. The van der Waals surface area contributed by atoms with E-state index >= 15 is 0 Å². The van der Waals surface area contributed by atoms with Gasteiger partial charge >= 0.3 is 12.1 Å². The van der Waals surface area contributed by atoms with Crippen molar-refractivity contribution in [2.45, 2.75) is 18.9 Å². The second-order valence-electron chi connectivity index (χ2n) is 6.80. The number of rotatable bonds is 4. The molecule has 2 N–H and O–H groups in total. The number of urea groups is 2. The summed E-state index contributed by atoms with van der Waals surface area (Å²) in [6, 6.07) is 4.12. The topological polar surface area (TPSA) is 117 Å². The zero-order chi connectivity index (χ0) is 19.2. The predicted molar refractivity (Wildman–Crippen MR) is 90.0 cm³/mol. The number of amides is 6. The number of nitrogens with one attached hydrogen (secondary N) is 2. The van der Waals surface area contributed by atoms with Gasteiger partial charge in [0.15, 0.2) is 11.5 Å². The van der Waals surface area contributed by atoms with Gasteiger partial charge in [-0.15, -0.1) is 0 Å². The van der Waals surface area contributed by atoms with E-state index in [1.807, 2.05) is 0 Å². The lowest BCUT2D eigenvalue weighted by atomic mass is 9.92. The molecule has 10 heteroatoms. The monoisotopic (exact) mass is 374 g/mol. The zero-order valence-corrected chi connectivity index (χ0v) is 14.6. The van der Waals surface area contributed by atoms with Gasteiger partial charge in [-0.25, -0.2) is 9.59 Å². The van der Waals surface area contributed by atoms with Crippen molar-refractivity contribution in [3.8, 4) is 11.5 Å². The Labute approximate surface area is 154 Å². The number of ether oxygens (including phenoxy) is 2. The predicted octanol–water partition coefficient (Wildman–Crippen LogP) is -0.180. The first-order chi connectivity index (χ1) is 12.9. The van der Waals surface area contributed by atoms with Crippen molar-refractivity contribution in [1.29, 1.82) is 0 Å². The van der Waals surface area contributed by atoms with E-state index in [1.165, 1.54) is 0 Å². The number of nitrogens with zero attached hydrogens (tertiary/aromatic N) is 2. The molecule has 27 heavy (non-hydrogen) atoms. The first kappa shape index (κ1) is 17.1. The number of hydrogen-bond donors (Lipinski definition) is 2. The molecular weight excluding hydrogens is 356 g/mol. The molecule has 2 saturated heterocycles. The highest BCUT2D eigenvalue weighted by molar-refractivity contribution is 6.10. The number of carbonyl (C=O) groups excluding carboxylic acids is 4. The fourth-order valence-electron chi connectivity index (χ4n) is 3.40. The fourth-order valence-corrected chi connectivity index (χ4v) is 3.40. The maximum absolute atomic E-state index is 12.8. The van der Waals surface area contributed by atoms with Gasteiger partial charge in [0.25, 0.3) is 11.8 Å². The van der Waals surface area contributed by atoms with E-state index in [9.17, 15) is 19.2 Å². The lowest BCUT2D eigenvalue weighted by Gasteiger charge is -2.22. The Kier molecular flexibility index (Phi) is 3.90. The highest BCUT2D eigenvalue weighted by atomic mass is 16.7. The van der Waals surface area contributed by atoms with Gasteiger partial charge < -0.3 is 20.1 Å². The van der Waals surface area contributed by atoms with Gasteiger partial charge in [0.1, 0.15) is 12.1 Å². The number of imide groups is 2. The van der Waals surface area contributed by atoms with Gasteiger partial charge in [0, 0.05) is 19.5 Å². The van der Waals surface area contributed by atoms with E-state index in [1.54, 1.807) is 25.1 Å². The minimum atomic E-state index is -1.20. The van der Waals surface area contributed by atoms with Crippen LogP contribution in [0.4, 0.5) is 9.59 Å². The van der Waals surface area contributed by atoms with E-state index in [4.69, 9.17) is 9.47 Å². The smallest absolute Gasteiger partial charge is 0.325 e. The molecule has 1 atom stereocenters. The van der Waals surface area contributed by atoms with Crippen molar-refractivity contribution in [2.24, 2.45) is 0 Å². The van der Waals surface area contributed by atoms with E-state index in [0.29, 0.717) is 18.0 Å². The molecule has 3 aliphatic heterocycles. The summed E-state index contributed by atoms with van der Waals surface area (Å²) in [4.78, 5) is 50.8. The van der Waals surface area contributed by atoms with Crippen molar-refractivity contribution in [3.05, 3.63) is 23.8 Å². The molecular formula is C17H18N4O6. The molecule has 3 aliphatic rings. The van der Waals surface area contributed by atoms with E-state index in [0.717, 1.165) is 15.4 Å². The van der Waals surface area contributed by atoms with Gasteiger partial charge in [0.2, 0.25) is 6.79 Å². The quantitative estimate of drug-likeness (QED) is 0.706. The Morgan fingerprint density at radius 2 is 1.96 bits per heavy atom. The summed E-state index contributed by atoms with van der Waals surface area (Å²) in [5, 5.41) is 5.15. The molecule has 1 aromatic carbocycles. The maximum atomic E-state index is 12.8. The lowest BCUT2D eigenvalue weighted by molar-refractivity contribution is -0.137. The highest BCUT2D eigenvalue weighted by Crippen LogP contribution is 2.34. The van der Waals surface area contributed by atoms with Crippen molar-refractivity contribution in [2.75, 3.05) is 26.4 Å². The Balaban J connectivity index is 1.48. The van der Waals surface area contributed by atoms with Gasteiger partial charge in [0.05, 0.1) is 0 Å². The molecule has 0 aromatic heterocycles. The lowest BCUT2D eigenvalue weighted by Crippen LogP contribution is -2.47. The van der Waals surface area contributed by atoms with Crippen LogP contribution >= 0.6 is 0 Å². The molecule has 0 spiro atoms.